The summed E-state index contributed by atoms with van der Waals surface area (Å²) in [6.45, 7) is 4.27. The first-order chi connectivity index (χ1) is 10.4. The van der Waals surface area contributed by atoms with E-state index < -0.39 is 30.2 Å². The van der Waals surface area contributed by atoms with E-state index in [0.29, 0.717) is 12.0 Å². The van der Waals surface area contributed by atoms with Gasteiger partial charge >= 0.3 is 5.97 Å². The number of aliphatic carboxylic acids is 1. The number of rotatable bonds is 2. The second-order valence-electron chi connectivity index (χ2n) is 7.05. The number of piperidine rings is 2. The van der Waals surface area contributed by atoms with Crippen molar-refractivity contribution in [1.29, 1.82) is 0 Å². The van der Waals surface area contributed by atoms with Crippen molar-refractivity contribution in [2.24, 2.45) is 23.5 Å². The minimum atomic E-state index is -0.968. The molecule has 7 atom stereocenters. The molecule has 0 aromatic heterocycles. The zero-order valence-corrected chi connectivity index (χ0v) is 13.0. The molecule has 5 N–H and O–H groups in total. The van der Waals surface area contributed by atoms with Crippen molar-refractivity contribution < 1.29 is 19.4 Å². The van der Waals surface area contributed by atoms with Gasteiger partial charge in [-0.15, -0.1) is 0 Å². The average Bonchev–Trinajstić information content (AvgIpc) is 2.46. The Hall–Kier alpha value is -1.02. The van der Waals surface area contributed by atoms with E-state index in [1.807, 2.05) is 0 Å². The molecular formula is C15H25N3O4. The van der Waals surface area contributed by atoms with Gasteiger partial charge in [0.05, 0.1) is 30.1 Å². The second kappa shape index (κ2) is 5.88. The molecule has 7 heteroatoms. The Labute approximate surface area is 130 Å². The highest BCUT2D eigenvalue weighted by atomic mass is 16.5. The molecule has 3 aliphatic rings. The van der Waals surface area contributed by atoms with Crippen LogP contribution in [0.15, 0.2) is 0 Å². The SMILES string of the molecule is CC(C)C1CCC2OC3NC(N)C(C(=O)O)CC3C(=O)C2N1. The lowest BCUT2D eigenvalue weighted by Gasteiger charge is -2.49. The van der Waals surface area contributed by atoms with Gasteiger partial charge in [-0.05, 0) is 25.2 Å². The van der Waals surface area contributed by atoms with E-state index in [0.717, 1.165) is 12.8 Å². The molecule has 3 saturated heterocycles. The molecule has 3 aliphatic heterocycles. The Kier molecular flexibility index (Phi) is 4.24. The maximum Gasteiger partial charge on any atom is 0.309 e. The first-order valence-corrected chi connectivity index (χ1v) is 8.08. The Balaban J connectivity index is 1.76. The molecule has 0 aliphatic carbocycles. The quantitative estimate of drug-likeness (QED) is 0.551. The fraction of sp³-hybridized carbons (Fsp3) is 0.867. The minimum absolute atomic E-state index is 0.0669. The first kappa shape index (κ1) is 15.9. The number of fused-ring (bicyclic) bond motifs is 2. The monoisotopic (exact) mass is 311 g/mol. The third kappa shape index (κ3) is 2.67. The van der Waals surface area contributed by atoms with Crippen LogP contribution in [0.2, 0.25) is 0 Å². The number of nitrogens with one attached hydrogen (secondary N) is 2. The molecule has 0 aromatic rings. The van der Waals surface area contributed by atoms with Crippen LogP contribution in [0.4, 0.5) is 0 Å². The van der Waals surface area contributed by atoms with Crippen LogP contribution in [0.3, 0.4) is 0 Å². The maximum atomic E-state index is 12.8. The lowest BCUT2D eigenvalue weighted by Crippen LogP contribution is -2.70. The molecule has 124 valence electrons. The van der Waals surface area contributed by atoms with E-state index in [9.17, 15) is 14.7 Å². The van der Waals surface area contributed by atoms with Gasteiger partial charge in [-0.1, -0.05) is 13.8 Å². The normalized spacial score (nSPS) is 45.3. The Morgan fingerprint density at radius 3 is 2.73 bits per heavy atom. The number of carbonyl (C=O) groups excluding carboxylic acids is 1. The molecule has 0 spiro atoms. The molecule has 3 fully saturated rings. The molecule has 0 aromatic carbocycles. The molecule has 22 heavy (non-hydrogen) atoms. The Bertz CT molecular complexity index is 470. The van der Waals surface area contributed by atoms with Crippen molar-refractivity contribution in [3.05, 3.63) is 0 Å². The van der Waals surface area contributed by atoms with Crippen molar-refractivity contribution in [3.8, 4) is 0 Å². The minimum Gasteiger partial charge on any atom is -0.481 e. The van der Waals surface area contributed by atoms with Crippen LogP contribution in [0.25, 0.3) is 0 Å². The van der Waals surface area contributed by atoms with Crippen molar-refractivity contribution in [3.63, 3.8) is 0 Å². The van der Waals surface area contributed by atoms with Gasteiger partial charge in [0.1, 0.15) is 6.23 Å². The highest BCUT2D eigenvalue weighted by Crippen LogP contribution is 2.35. The van der Waals surface area contributed by atoms with E-state index >= 15 is 0 Å². The third-order valence-corrected chi connectivity index (χ3v) is 5.31. The highest BCUT2D eigenvalue weighted by molar-refractivity contribution is 5.89. The Morgan fingerprint density at radius 2 is 2.09 bits per heavy atom. The molecule has 0 saturated carbocycles. The molecule has 0 bridgehead atoms. The second-order valence-corrected chi connectivity index (χ2v) is 7.05. The van der Waals surface area contributed by atoms with E-state index in [1.165, 1.54) is 0 Å². The number of hydrogen-bond donors (Lipinski definition) is 4. The number of carboxylic acids is 1. The Morgan fingerprint density at radius 1 is 1.36 bits per heavy atom. The van der Waals surface area contributed by atoms with Crippen molar-refractivity contribution >= 4 is 11.8 Å². The summed E-state index contributed by atoms with van der Waals surface area (Å²) < 4.78 is 6.02. The molecule has 0 radical (unpaired) electrons. The number of carbonyl (C=O) groups is 2. The van der Waals surface area contributed by atoms with Crippen LogP contribution >= 0.6 is 0 Å². The summed E-state index contributed by atoms with van der Waals surface area (Å²) in [4.78, 5) is 24.1. The topological polar surface area (TPSA) is 114 Å². The number of Topliss-reactive ketones (excluding diaryl/α,β-unsaturated/α-hetero) is 1. The van der Waals surface area contributed by atoms with Gasteiger partial charge in [-0.3, -0.25) is 14.9 Å². The molecule has 3 heterocycles. The van der Waals surface area contributed by atoms with E-state index in [-0.39, 0.29) is 24.3 Å². The predicted molar refractivity (Wildman–Crippen MR) is 78.8 cm³/mol. The van der Waals surface area contributed by atoms with Gasteiger partial charge in [-0.2, -0.15) is 0 Å². The smallest absolute Gasteiger partial charge is 0.309 e. The number of carboxylic acid groups (broad SMARTS) is 1. The van der Waals surface area contributed by atoms with Crippen molar-refractivity contribution in [2.45, 2.75) is 63.7 Å². The molecular weight excluding hydrogens is 286 g/mol. The van der Waals surface area contributed by atoms with E-state index in [1.54, 1.807) is 0 Å². The lowest BCUT2D eigenvalue weighted by atomic mass is 9.76. The molecule has 0 amide bonds. The van der Waals surface area contributed by atoms with Crippen LogP contribution in [-0.4, -0.2) is 47.4 Å². The number of hydrogen-bond acceptors (Lipinski definition) is 6. The van der Waals surface area contributed by atoms with Crippen LogP contribution in [0, 0.1) is 17.8 Å². The summed E-state index contributed by atoms with van der Waals surface area (Å²) in [5, 5.41) is 15.6. The highest BCUT2D eigenvalue weighted by Gasteiger charge is 2.51. The van der Waals surface area contributed by atoms with Gasteiger partial charge < -0.3 is 20.9 Å². The van der Waals surface area contributed by atoms with Gasteiger partial charge in [0, 0.05) is 6.04 Å². The fourth-order valence-electron chi connectivity index (χ4n) is 3.91. The standard InChI is InChI=1S/C15H25N3O4/c1-6(2)9-3-4-10-11(17-9)12(19)7-5-8(15(20)21)13(16)18-14(7)22-10/h6-11,13-14,17-18H,3-5,16H2,1-2H3,(H,20,21). The van der Waals surface area contributed by atoms with Crippen molar-refractivity contribution in [1.82, 2.24) is 10.6 Å². The van der Waals surface area contributed by atoms with E-state index in [4.69, 9.17) is 10.5 Å². The molecule has 7 nitrogen and oxygen atoms in total. The van der Waals surface area contributed by atoms with Crippen molar-refractivity contribution in [2.75, 3.05) is 0 Å². The summed E-state index contributed by atoms with van der Waals surface area (Å²) in [5.41, 5.74) is 5.86. The maximum absolute atomic E-state index is 12.8. The summed E-state index contributed by atoms with van der Waals surface area (Å²) in [6, 6.07) is -0.0209. The first-order valence-electron chi connectivity index (χ1n) is 8.08. The summed E-state index contributed by atoms with van der Waals surface area (Å²) in [5.74, 6) is -1.64. The van der Waals surface area contributed by atoms with E-state index in [2.05, 4.69) is 24.5 Å². The van der Waals surface area contributed by atoms with Crippen LogP contribution in [0.5, 0.6) is 0 Å². The van der Waals surface area contributed by atoms with Gasteiger partial charge in [0.25, 0.3) is 0 Å². The van der Waals surface area contributed by atoms with Gasteiger partial charge in [0.2, 0.25) is 0 Å². The predicted octanol–water partition coefficient (Wildman–Crippen LogP) is -0.348. The number of ether oxygens (including phenoxy) is 1. The van der Waals surface area contributed by atoms with Crippen LogP contribution in [0.1, 0.15) is 33.1 Å². The van der Waals surface area contributed by atoms with Crippen LogP contribution < -0.4 is 16.4 Å². The largest absolute Gasteiger partial charge is 0.481 e. The summed E-state index contributed by atoms with van der Waals surface area (Å²) >= 11 is 0. The lowest BCUT2D eigenvalue weighted by molar-refractivity contribution is -0.176. The third-order valence-electron chi connectivity index (χ3n) is 5.31. The van der Waals surface area contributed by atoms with Gasteiger partial charge in [0.15, 0.2) is 5.78 Å². The number of nitrogens with two attached hydrogens (primary N) is 1. The fourth-order valence-corrected chi connectivity index (χ4v) is 3.91. The molecule has 7 unspecified atom stereocenters. The summed E-state index contributed by atoms with van der Waals surface area (Å²) in [7, 11) is 0. The summed E-state index contributed by atoms with van der Waals surface area (Å²) in [6.07, 6.45) is 0.774. The van der Waals surface area contributed by atoms with Gasteiger partial charge in [-0.25, -0.2) is 0 Å². The zero-order valence-electron chi connectivity index (χ0n) is 13.0. The zero-order chi connectivity index (χ0) is 16.0. The number of ketones is 1. The van der Waals surface area contributed by atoms with Crippen LogP contribution in [-0.2, 0) is 14.3 Å². The average molecular weight is 311 g/mol. The molecule has 3 rings (SSSR count).